The summed E-state index contributed by atoms with van der Waals surface area (Å²) in [5, 5.41) is 2.65. The van der Waals surface area contributed by atoms with E-state index < -0.39 is 16.1 Å². The molecule has 1 aliphatic rings. The van der Waals surface area contributed by atoms with E-state index in [-0.39, 0.29) is 29.6 Å². The molecule has 2 rings (SSSR count). The molecule has 1 atom stereocenters. The van der Waals surface area contributed by atoms with E-state index in [0.717, 1.165) is 12.0 Å². The quantitative estimate of drug-likeness (QED) is 0.762. The van der Waals surface area contributed by atoms with Gasteiger partial charge in [-0.3, -0.25) is 9.59 Å². The first kappa shape index (κ1) is 17.4. The van der Waals surface area contributed by atoms with Crippen LogP contribution in [0.3, 0.4) is 0 Å². The Bertz CT molecular complexity index is 698. The van der Waals surface area contributed by atoms with E-state index in [2.05, 4.69) is 16.6 Å². The van der Waals surface area contributed by atoms with Crippen LogP contribution in [0.1, 0.15) is 25.7 Å². The zero-order valence-corrected chi connectivity index (χ0v) is 13.6. The van der Waals surface area contributed by atoms with Gasteiger partial charge in [0.2, 0.25) is 15.9 Å². The summed E-state index contributed by atoms with van der Waals surface area (Å²) < 4.78 is 26.3. The Morgan fingerprint density at radius 3 is 2.61 bits per heavy atom. The van der Waals surface area contributed by atoms with Crippen molar-refractivity contribution in [2.45, 2.75) is 36.6 Å². The van der Waals surface area contributed by atoms with Crippen molar-refractivity contribution in [3.63, 3.8) is 0 Å². The van der Waals surface area contributed by atoms with Crippen LogP contribution in [-0.2, 0) is 19.6 Å². The maximum absolute atomic E-state index is 12.0. The van der Waals surface area contributed by atoms with E-state index in [1.165, 1.54) is 12.1 Å². The number of rotatable bonds is 6. The van der Waals surface area contributed by atoms with Gasteiger partial charge in [0.1, 0.15) is 0 Å². The molecular weight excluding hydrogens is 316 g/mol. The molecule has 23 heavy (non-hydrogen) atoms. The van der Waals surface area contributed by atoms with Gasteiger partial charge in [0, 0.05) is 19.4 Å². The van der Waals surface area contributed by atoms with Crippen LogP contribution in [0.25, 0.3) is 0 Å². The number of allylic oxidation sites excluding steroid dienone is 1. The van der Waals surface area contributed by atoms with Crippen LogP contribution < -0.4 is 10.0 Å². The van der Waals surface area contributed by atoms with Crippen molar-refractivity contribution in [2.75, 3.05) is 6.54 Å². The number of amides is 1. The zero-order valence-electron chi connectivity index (χ0n) is 12.7. The van der Waals surface area contributed by atoms with Crippen LogP contribution in [0.2, 0.25) is 0 Å². The largest absolute Gasteiger partial charge is 0.346 e. The van der Waals surface area contributed by atoms with Gasteiger partial charge in [-0.25, -0.2) is 13.1 Å². The van der Waals surface area contributed by atoms with Crippen molar-refractivity contribution in [2.24, 2.45) is 0 Å². The molecule has 1 saturated carbocycles. The molecule has 0 radical (unpaired) electrons. The molecule has 1 fully saturated rings. The smallest absolute Gasteiger partial charge is 0.240 e. The number of ketones is 1. The van der Waals surface area contributed by atoms with E-state index in [1.807, 2.05) is 0 Å². The molecule has 1 aliphatic carbocycles. The van der Waals surface area contributed by atoms with Crippen molar-refractivity contribution in [1.82, 2.24) is 10.0 Å². The highest BCUT2D eigenvalue weighted by Crippen LogP contribution is 2.19. The van der Waals surface area contributed by atoms with Gasteiger partial charge in [0.25, 0.3) is 0 Å². The molecule has 0 spiro atoms. The third-order valence-corrected chi connectivity index (χ3v) is 5.11. The molecule has 7 heteroatoms. The summed E-state index contributed by atoms with van der Waals surface area (Å²) in [5.41, 5.74) is 0.885. The van der Waals surface area contributed by atoms with Crippen LogP contribution in [-0.4, -0.2) is 32.7 Å². The Labute approximate surface area is 136 Å². The Morgan fingerprint density at radius 2 is 1.96 bits per heavy atom. The summed E-state index contributed by atoms with van der Waals surface area (Å²) in [7, 11) is -3.62. The average molecular weight is 336 g/mol. The minimum Gasteiger partial charge on any atom is -0.346 e. The van der Waals surface area contributed by atoms with Crippen molar-refractivity contribution in [1.29, 1.82) is 0 Å². The molecule has 0 saturated heterocycles. The number of carbonyl (C=O) groups excluding carboxylic acids is 2. The van der Waals surface area contributed by atoms with Gasteiger partial charge in [0.15, 0.2) is 5.78 Å². The van der Waals surface area contributed by atoms with Crippen LogP contribution in [0.4, 0.5) is 0 Å². The monoisotopic (exact) mass is 336 g/mol. The maximum Gasteiger partial charge on any atom is 0.240 e. The standard InChI is InChI=1S/C16H20N2O4S/c1-12-7-8-14(15(19)11-12)18-16(20)9-10-17-23(21,22)13-5-3-2-4-6-13/h2-6,14,17H,1,7-11H2,(H,18,20). The van der Waals surface area contributed by atoms with E-state index in [1.54, 1.807) is 18.2 Å². The molecule has 6 nitrogen and oxygen atoms in total. The summed E-state index contributed by atoms with van der Waals surface area (Å²) in [6.07, 6.45) is 1.55. The SMILES string of the molecule is C=C1CCC(NC(=O)CCNS(=O)(=O)c2ccccc2)C(=O)C1. The second kappa shape index (κ2) is 7.52. The molecule has 1 amide bonds. The van der Waals surface area contributed by atoms with E-state index in [0.29, 0.717) is 12.8 Å². The number of carbonyl (C=O) groups is 2. The van der Waals surface area contributed by atoms with Crippen LogP contribution in [0, 0.1) is 0 Å². The summed E-state index contributed by atoms with van der Waals surface area (Å²) >= 11 is 0. The first-order valence-electron chi connectivity index (χ1n) is 7.42. The molecule has 124 valence electrons. The lowest BCUT2D eigenvalue weighted by molar-refractivity contribution is -0.128. The lowest BCUT2D eigenvalue weighted by Gasteiger charge is -2.23. The number of hydrogen-bond donors (Lipinski definition) is 2. The second-order valence-corrected chi connectivity index (χ2v) is 7.28. The van der Waals surface area contributed by atoms with Crippen molar-refractivity contribution in [3.8, 4) is 0 Å². The first-order valence-corrected chi connectivity index (χ1v) is 8.90. The Balaban J connectivity index is 1.79. The molecule has 1 aromatic rings. The predicted octanol–water partition coefficient (Wildman–Crippen LogP) is 1.15. The molecule has 0 aliphatic heterocycles. The van der Waals surface area contributed by atoms with Gasteiger partial charge in [0.05, 0.1) is 10.9 Å². The van der Waals surface area contributed by atoms with Crippen molar-refractivity contribution in [3.05, 3.63) is 42.5 Å². The molecule has 0 aromatic heterocycles. The third kappa shape index (κ3) is 5.01. The molecule has 1 unspecified atom stereocenters. The fraction of sp³-hybridized carbons (Fsp3) is 0.375. The van der Waals surface area contributed by atoms with Crippen molar-refractivity contribution >= 4 is 21.7 Å². The van der Waals surface area contributed by atoms with Crippen molar-refractivity contribution < 1.29 is 18.0 Å². The lowest BCUT2D eigenvalue weighted by Crippen LogP contribution is -2.43. The van der Waals surface area contributed by atoms with Gasteiger partial charge in [-0.2, -0.15) is 0 Å². The fourth-order valence-electron chi connectivity index (χ4n) is 2.37. The number of Topliss-reactive ketones (excluding diaryl/α,β-unsaturated/α-hetero) is 1. The Kier molecular flexibility index (Phi) is 5.68. The third-order valence-electron chi connectivity index (χ3n) is 3.63. The Hall–Kier alpha value is -1.99. The average Bonchev–Trinajstić information content (AvgIpc) is 2.51. The number of hydrogen-bond acceptors (Lipinski definition) is 4. The normalized spacial score (nSPS) is 18.7. The Morgan fingerprint density at radius 1 is 1.26 bits per heavy atom. The van der Waals surface area contributed by atoms with Gasteiger partial charge >= 0.3 is 0 Å². The second-order valence-electron chi connectivity index (χ2n) is 5.51. The molecule has 0 heterocycles. The summed E-state index contributed by atoms with van der Waals surface area (Å²) in [6.45, 7) is 3.76. The highest BCUT2D eigenvalue weighted by molar-refractivity contribution is 7.89. The zero-order chi connectivity index (χ0) is 16.9. The maximum atomic E-state index is 12.0. The van der Waals surface area contributed by atoms with E-state index >= 15 is 0 Å². The van der Waals surface area contributed by atoms with E-state index in [4.69, 9.17) is 0 Å². The first-order chi connectivity index (χ1) is 10.9. The molecule has 2 N–H and O–H groups in total. The number of nitrogens with one attached hydrogen (secondary N) is 2. The highest BCUT2D eigenvalue weighted by Gasteiger charge is 2.25. The highest BCUT2D eigenvalue weighted by atomic mass is 32.2. The molecule has 0 bridgehead atoms. The molecule has 1 aromatic carbocycles. The van der Waals surface area contributed by atoms with Crippen LogP contribution >= 0.6 is 0 Å². The topological polar surface area (TPSA) is 92.3 Å². The van der Waals surface area contributed by atoms with Gasteiger partial charge < -0.3 is 5.32 Å². The summed E-state index contributed by atoms with van der Waals surface area (Å²) in [6, 6.07) is 7.46. The fourth-order valence-corrected chi connectivity index (χ4v) is 3.42. The number of benzene rings is 1. The summed E-state index contributed by atoms with van der Waals surface area (Å²) in [4.78, 5) is 23.8. The van der Waals surface area contributed by atoms with Gasteiger partial charge in [-0.15, -0.1) is 0 Å². The van der Waals surface area contributed by atoms with E-state index in [9.17, 15) is 18.0 Å². The summed E-state index contributed by atoms with van der Waals surface area (Å²) in [5.74, 6) is -0.383. The minimum atomic E-state index is -3.62. The minimum absolute atomic E-state index is 0.0171. The van der Waals surface area contributed by atoms with Crippen LogP contribution in [0.15, 0.2) is 47.4 Å². The van der Waals surface area contributed by atoms with Gasteiger partial charge in [-0.1, -0.05) is 30.4 Å². The predicted molar refractivity (Wildman–Crippen MR) is 86.2 cm³/mol. The van der Waals surface area contributed by atoms with Crippen LogP contribution in [0.5, 0.6) is 0 Å². The molecular formula is C16H20N2O4S. The van der Waals surface area contributed by atoms with Gasteiger partial charge in [-0.05, 0) is 25.0 Å². The lowest BCUT2D eigenvalue weighted by atomic mass is 9.90. The number of sulfonamides is 1.